The van der Waals surface area contributed by atoms with Crippen LogP contribution in [0.1, 0.15) is 42.4 Å². The Bertz CT molecular complexity index is 1880. The number of ether oxygens (including phenoxy) is 1. The number of carbonyl (C=O) groups is 1. The van der Waals surface area contributed by atoms with Gasteiger partial charge in [-0.1, -0.05) is 23.5 Å². The van der Waals surface area contributed by atoms with Crippen molar-refractivity contribution < 1.29 is 14.5 Å². The molecule has 1 aliphatic heterocycles. The number of rotatable bonds is 7. The lowest BCUT2D eigenvalue weighted by atomic mass is 9.96. The predicted octanol–water partition coefficient (Wildman–Crippen LogP) is 4.84. The smallest absolute Gasteiger partial charge is 0.338 e. The minimum Gasteiger partial charge on any atom is -0.463 e. The third kappa shape index (κ3) is 5.18. The zero-order valence-electron chi connectivity index (χ0n) is 23.2. The van der Waals surface area contributed by atoms with Crippen molar-refractivity contribution >= 4 is 40.8 Å². The summed E-state index contributed by atoms with van der Waals surface area (Å²) in [7, 11) is 0. The van der Waals surface area contributed by atoms with Gasteiger partial charge in [0.2, 0.25) is 0 Å². The number of aryl methyl sites for hydroxylation is 1. The van der Waals surface area contributed by atoms with Crippen molar-refractivity contribution in [2.45, 2.75) is 38.6 Å². The summed E-state index contributed by atoms with van der Waals surface area (Å²) in [5.41, 5.74) is 4.87. The van der Waals surface area contributed by atoms with Gasteiger partial charge in [-0.2, -0.15) is 0 Å². The molecule has 9 nitrogen and oxygen atoms in total. The van der Waals surface area contributed by atoms with Gasteiger partial charge in [-0.25, -0.2) is 9.79 Å². The second-order valence-electron chi connectivity index (χ2n) is 9.51. The van der Waals surface area contributed by atoms with E-state index in [9.17, 15) is 19.7 Å². The first-order valence-electron chi connectivity index (χ1n) is 12.9. The van der Waals surface area contributed by atoms with E-state index in [0.29, 0.717) is 20.6 Å². The topological polar surface area (TPSA) is 109 Å². The summed E-state index contributed by atoms with van der Waals surface area (Å²) >= 11 is 2.89. The molecular formula is C30H28N4O5S2. The molecule has 0 bridgehead atoms. The summed E-state index contributed by atoms with van der Waals surface area (Å²) < 4.78 is 9.44. The second-order valence-corrected chi connectivity index (χ2v) is 11.4. The molecule has 0 unspecified atom stereocenters. The van der Waals surface area contributed by atoms with Crippen molar-refractivity contribution in [3.05, 3.63) is 118 Å². The van der Waals surface area contributed by atoms with Crippen molar-refractivity contribution in [1.82, 2.24) is 9.13 Å². The van der Waals surface area contributed by atoms with Crippen molar-refractivity contribution in [3.63, 3.8) is 0 Å². The van der Waals surface area contributed by atoms with Crippen LogP contribution in [0.25, 0.3) is 11.8 Å². The van der Waals surface area contributed by atoms with Crippen LogP contribution in [0.2, 0.25) is 0 Å². The molecule has 0 spiro atoms. The first-order valence-corrected chi connectivity index (χ1v) is 15.0. The lowest BCUT2D eigenvalue weighted by molar-refractivity contribution is -0.384. The fraction of sp³-hybridized carbons (Fsp3) is 0.233. The third-order valence-electron chi connectivity index (χ3n) is 7.02. The van der Waals surface area contributed by atoms with Gasteiger partial charge in [0.05, 0.1) is 33.4 Å². The van der Waals surface area contributed by atoms with Crippen LogP contribution in [0.15, 0.2) is 80.5 Å². The number of thioether (sulfide) groups is 1. The number of nitro benzene ring substituents is 1. The number of fused-ring (bicyclic) bond motifs is 1. The molecule has 0 saturated heterocycles. The minimum absolute atomic E-state index is 0.0210. The van der Waals surface area contributed by atoms with Gasteiger partial charge >= 0.3 is 5.97 Å². The highest BCUT2D eigenvalue weighted by Crippen LogP contribution is 2.32. The molecule has 0 aliphatic carbocycles. The SMILES string of the molecule is CCOC(=O)C1=C(C)N=c2s/c(=C\c3cc(C)n(-c4ccc([N+](=O)[O-])cc4)c3C)c(=O)n2[C@@H]1c1ccc(SC)cc1. The van der Waals surface area contributed by atoms with E-state index in [1.807, 2.05) is 61.1 Å². The van der Waals surface area contributed by atoms with E-state index in [4.69, 9.17) is 4.74 Å². The maximum absolute atomic E-state index is 14.0. The lowest BCUT2D eigenvalue weighted by Crippen LogP contribution is -2.39. The number of thiazole rings is 1. The van der Waals surface area contributed by atoms with Crippen LogP contribution < -0.4 is 14.9 Å². The molecule has 0 amide bonds. The Morgan fingerprint density at radius 1 is 1.15 bits per heavy atom. The molecule has 1 aliphatic rings. The number of esters is 1. The van der Waals surface area contributed by atoms with Gasteiger partial charge in [0.15, 0.2) is 4.80 Å². The number of nitrogens with zero attached hydrogens (tertiary/aromatic N) is 4. The number of non-ortho nitro benzene ring substituents is 1. The Morgan fingerprint density at radius 3 is 2.44 bits per heavy atom. The van der Waals surface area contributed by atoms with E-state index >= 15 is 0 Å². The summed E-state index contributed by atoms with van der Waals surface area (Å²) in [6.07, 6.45) is 3.83. The monoisotopic (exact) mass is 588 g/mol. The molecule has 2 aromatic carbocycles. The number of benzene rings is 2. The Morgan fingerprint density at radius 2 is 1.83 bits per heavy atom. The van der Waals surface area contributed by atoms with Crippen LogP contribution in [0.5, 0.6) is 0 Å². The fourth-order valence-corrected chi connectivity index (χ4v) is 6.53. The highest BCUT2D eigenvalue weighted by molar-refractivity contribution is 7.98. The number of allylic oxidation sites excluding steroid dienone is 1. The Balaban J connectivity index is 1.65. The van der Waals surface area contributed by atoms with Crippen LogP contribution in [-0.4, -0.2) is 32.9 Å². The number of aromatic nitrogens is 2. The van der Waals surface area contributed by atoms with E-state index in [1.54, 1.807) is 42.3 Å². The maximum Gasteiger partial charge on any atom is 0.338 e. The molecule has 2 aromatic heterocycles. The summed E-state index contributed by atoms with van der Waals surface area (Å²) in [5, 5.41) is 11.1. The minimum atomic E-state index is -0.670. The molecule has 0 N–H and O–H groups in total. The van der Waals surface area contributed by atoms with Crippen molar-refractivity contribution in [2.75, 3.05) is 12.9 Å². The average molecular weight is 589 g/mol. The molecule has 4 aromatic rings. The summed E-state index contributed by atoms with van der Waals surface area (Å²) in [6, 6.07) is 15.5. The van der Waals surface area contributed by atoms with Crippen LogP contribution in [0.4, 0.5) is 5.69 Å². The lowest BCUT2D eigenvalue weighted by Gasteiger charge is -2.24. The van der Waals surface area contributed by atoms with Crippen LogP contribution in [-0.2, 0) is 9.53 Å². The first-order chi connectivity index (χ1) is 19.6. The first kappa shape index (κ1) is 28.3. The number of hydrogen-bond acceptors (Lipinski definition) is 8. The largest absolute Gasteiger partial charge is 0.463 e. The van der Waals surface area contributed by atoms with Crippen molar-refractivity contribution in [2.24, 2.45) is 4.99 Å². The molecule has 41 heavy (non-hydrogen) atoms. The quantitative estimate of drug-likeness (QED) is 0.132. The Hall–Kier alpha value is -4.22. The Kier molecular flexibility index (Phi) is 7.83. The van der Waals surface area contributed by atoms with E-state index in [2.05, 4.69) is 4.99 Å². The highest BCUT2D eigenvalue weighted by Gasteiger charge is 2.33. The van der Waals surface area contributed by atoms with E-state index in [0.717, 1.165) is 33.1 Å². The average Bonchev–Trinajstić information content (AvgIpc) is 3.41. The summed E-state index contributed by atoms with van der Waals surface area (Å²) in [6.45, 7) is 7.61. The molecule has 11 heteroatoms. The predicted molar refractivity (Wildman–Crippen MR) is 161 cm³/mol. The van der Waals surface area contributed by atoms with Gasteiger partial charge < -0.3 is 9.30 Å². The van der Waals surface area contributed by atoms with Gasteiger partial charge in [0.1, 0.15) is 0 Å². The van der Waals surface area contributed by atoms with Crippen molar-refractivity contribution in [3.8, 4) is 5.69 Å². The fourth-order valence-electron chi connectivity index (χ4n) is 5.09. The zero-order valence-corrected chi connectivity index (χ0v) is 24.8. The van der Waals surface area contributed by atoms with E-state index < -0.39 is 16.9 Å². The van der Waals surface area contributed by atoms with Crippen molar-refractivity contribution in [1.29, 1.82) is 0 Å². The van der Waals surface area contributed by atoms with E-state index in [-0.39, 0.29) is 17.9 Å². The molecule has 3 heterocycles. The number of hydrogen-bond donors (Lipinski definition) is 0. The summed E-state index contributed by atoms with van der Waals surface area (Å²) in [5.74, 6) is -0.492. The van der Waals surface area contributed by atoms with Gasteiger partial charge in [0.25, 0.3) is 11.2 Å². The van der Waals surface area contributed by atoms with E-state index in [1.165, 1.54) is 23.5 Å². The standard InChI is InChI=1S/C30H28N4O5S2/c1-6-39-29(36)26-18(3)31-30-33(27(26)20-7-13-24(40-5)14-8-20)28(35)25(41-30)16-21-15-17(2)32(19(21)4)22-9-11-23(12-10-22)34(37)38/h7-16,27H,6H2,1-5H3/b25-16-/t27-/m1/s1. The normalized spacial score (nSPS) is 15.0. The highest BCUT2D eigenvalue weighted by atomic mass is 32.2. The summed E-state index contributed by atoms with van der Waals surface area (Å²) in [4.78, 5) is 44.0. The molecule has 1 atom stereocenters. The van der Waals surface area contributed by atoms with Crippen LogP contribution in [0.3, 0.4) is 0 Å². The van der Waals surface area contributed by atoms with Gasteiger partial charge in [-0.3, -0.25) is 19.5 Å². The van der Waals surface area contributed by atoms with Crippen LogP contribution in [0, 0.1) is 24.0 Å². The molecule has 0 fully saturated rings. The third-order valence-corrected chi connectivity index (χ3v) is 8.75. The molecule has 5 rings (SSSR count). The Labute approximate surface area is 244 Å². The van der Waals surface area contributed by atoms with Gasteiger partial charge in [-0.15, -0.1) is 11.8 Å². The maximum atomic E-state index is 14.0. The number of nitro groups is 1. The zero-order chi connectivity index (χ0) is 29.4. The number of carbonyl (C=O) groups excluding carboxylic acids is 1. The molecule has 0 radical (unpaired) electrons. The second kappa shape index (κ2) is 11.3. The van der Waals surface area contributed by atoms with Gasteiger partial charge in [-0.05, 0) is 81.5 Å². The molecular weight excluding hydrogens is 560 g/mol. The molecule has 0 saturated carbocycles. The van der Waals surface area contributed by atoms with Crippen LogP contribution >= 0.6 is 23.1 Å². The molecule has 210 valence electrons. The van der Waals surface area contributed by atoms with Gasteiger partial charge in [0, 0.05) is 34.1 Å².